The second kappa shape index (κ2) is 13.5. The van der Waals surface area contributed by atoms with Gasteiger partial charge in [-0.05, 0) is 81.9 Å². The number of benzene rings is 8. The van der Waals surface area contributed by atoms with Gasteiger partial charge in [-0.3, -0.25) is 14.6 Å². The SMILES string of the molecule is c1ccc(C2c3ccccc3-c3ccc4c(c32)c2ccccc2n4-c2cc(C3N=c4ccccc4=NC3c3ccccc3)nn3c2nc2c4ccccc4n(-c4ccccc4)c23)cc1. The minimum absolute atomic E-state index is 0.0730. The van der Waals surface area contributed by atoms with Crippen LogP contribution in [0.1, 0.15) is 45.9 Å². The summed E-state index contributed by atoms with van der Waals surface area (Å²) in [5.41, 5.74) is 16.2. The maximum atomic E-state index is 5.65. The number of hydrogen-bond donors (Lipinski definition) is 0. The molecule has 0 fully saturated rings. The average Bonchev–Trinajstić information content (AvgIpc) is 4.10. The molecule has 0 saturated carbocycles. The van der Waals surface area contributed by atoms with Crippen molar-refractivity contribution >= 4 is 49.5 Å². The van der Waals surface area contributed by atoms with Crippen molar-refractivity contribution in [2.24, 2.45) is 9.98 Å². The number of para-hydroxylation sites is 5. The maximum absolute atomic E-state index is 5.65. The molecular formula is C57H37N7. The van der Waals surface area contributed by atoms with E-state index in [0.717, 1.165) is 72.1 Å². The van der Waals surface area contributed by atoms with Crippen molar-refractivity contribution < 1.29 is 0 Å². The first-order valence-electron chi connectivity index (χ1n) is 21.9. The summed E-state index contributed by atoms with van der Waals surface area (Å²) in [6, 6.07) is 72.7. The lowest BCUT2D eigenvalue weighted by Gasteiger charge is -2.24. The molecular weight excluding hydrogens is 783 g/mol. The van der Waals surface area contributed by atoms with Crippen molar-refractivity contribution in [3.8, 4) is 22.5 Å². The Morgan fingerprint density at radius 1 is 0.453 bits per heavy atom. The van der Waals surface area contributed by atoms with E-state index in [0.29, 0.717) is 0 Å². The van der Waals surface area contributed by atoms with Gasteiger partial charge in [-0.25, -0.2) is 4.98 Å². The van der Waals surface area contributed by atoms with Crippen LogP contribution in [0.2, 0.25) is 0 Å². The van der Waals surface area contributed by atoms with Gasteiger partial charge in [0, 0.05) is 27.8 Å². The Morgan fingerprint density at radius 3 is 1.83 bits per heavy atom. The second-order valence-electron chi connectivity index (χ2n) is 16.9. The average molecular weight is 820 g/mol. The van der Waals surface area contributed by atoms with Crippen LogP contribution in [0.4, 0.5) is 0 Å². The topological polar surface area (TPSA) is 64.8 Å². The molecule has 0 N–H and O–H groups in total. The Morgan fingerprint density at radius 2 is 1.06 bits per heavy atom. The van der Waals surface area contributed by atoms with Crippen LogP contribution in [-0.4, -0.2) is 23.7 Å². The predicted molar refractivity (Wildman–Crippen MR) is 255 cm³/mol. The van der Waals surface area contributed by atoms with E-state index < -0.39 is 6.04 Å². The van der Waals surface area contributed by atoms with E-state index in [-0.39, 0.29) is 12.0 Å². The maximum Gasteiger partial charge on any atom is 0.180 e. The number of fused-ring (bicyclic) bond motifs is 13. The summed E-state index contributed by atoms with van der Waals surface area (Å²) in [7, 11) is 0. The smallest absolute Gasteiger partial charge is 0.180 e. The van der Waals surface area contributed by atoms with E-state index >= 15 is 0 Å². The van der Waals surface area contributed by atoms with Gasteiger partial charge >= 0.3 is 0 Å². The summed E-state index contributed by atoms with van der Waals surface area (Å²) in [4.78, 5) is 16.6. The first-order valence-corrected chi connectivity index (χ1v) is 21.9. The van der Waals surface area contributed by atoms with Gasteiger partial charge in [0.15, 0.2) is 11.3 Å². The van der Waals surface area contributed by atoms with Crippen LogP contribution in [0.3, 0.4) is 0 Å². The van der Waals surface area contributed by atoms with E-state index in [4.69, 9.17) is 20.1 Å². The minimum atomic E-state index is -0.429. The molecule has 14 rings (SSSR count). The van der Waals surface area contributed by atoms with Crippen molar-refractivity contribution in [2.45, 2.75) is 18.0 Å². The van der Waals surface area contributed by atoms with Gasteiger partial charge in [0.05, 0.1) is 38.6 Å². The summed E-state index contributed by atoms with van der Waals surface area (Å²) in [5.74, 6) is 0.0730. The van der Waals surface area contributed by atoms with E-state index in [1.165, 1.54) is 38.6 Å². The lowest BCUT2D eigenvalue weighted by Crippen LogP contribution is -2.32. The molecule has 64 heavy (non-hydrogen) atoms. The van der Waals surface area contributed by atoms with Crippen molar-refractivity contribution in [3.05, 3.63) is 245 Å². The Hall–Kier alpha value is -8.42. The van der Waals surface area contributed by atoms with E-state index in [9.17, 15) is 0 Å². The molecule has 0 amide bonds. The monoisotopic (exact) mass is 819 g/mol. The molecule has 0 bridgehead atoms. The lowest BCUT2D eigenvalue weighted by molar-refractivity contribution is 0.517. The third-order valence-corrected chi connectivity index (χ3v) is 13.5. The Bertz CT molecular complexity index is 3980. The van der Waals surface area contributed by atoms with Gasteiger partial charge in [0.1, 0.15) is 17.6 Å². The van der Waals surface area contributed by atoms with Crippen LogP contribution in [0.25, 0.3) is 72.0 Å². The lowest BCUT2D eigenvalue weighted by atomic mass is 9.87. The van der Waals surface area contributed by atoms with Gasteiger partial charge in [-0.15, -0.1) is 0 Å². The number of aromatic nitrogens is 5. The standard InChI is InChI=1S/C57H37N7/c1-4-18-35(19-5-1)50-39-25-11-10-24-38(39)40-32-33-48-51(52(40)50)41-26-12-16-30-46(41)63(48)49-34-45(55-53(36-20-6-2-7-21-36)58-43-28-14-15-29-44(43)59-55)61-64-56(49)60-54-42-27-13-17-31-47(42)62(57(54)64)37-22-8-3-9-23-37/h1-34,50,53,55H. The number of rotatable bonds is 5. The molecule has 8 aromatic carbocycles. The highest BCUT2D eigenvalue weighted by Gasteiger charge is 2.35. The first-order chi connectivity index (χ1) is 31.8. The normalized spacial score (nSPS) is 16.5. The molecule has 4 aromatic heterocycles. The molecule has 5 heterocycles. The van der Waals surface area contributed by atoms with E-state index in [2.05, 4.69) is 208 Å². The predicted octanol–water partition coefficient (Wildman–Crippen LogP) is 11.8. The number of hydrogen-bond acceptors (Lipinski definition) is 4. The molecule has 300 valence electrons. The highest BCUT2D eigenvalue weighted by molar-refractivity contribution is 6.15. The van der Waals surface area contributed by atoms with Gasteiger partial charge in [0.2, 0.25) is 0 Å². The Balaban J connectivity index is 1.13. The van der Waals surface area contributed by atoms with E-state index in [1.54, 1.807) is 0 Å². The second-order valence-corrected chi connectivity index (χ2v) is 16.9. The van der Waals surface area contributed by atoms with Crippen LogP contribution in [-0.2, 0) is 0 Å². The van der Waals surface area contributed by atoms with E-state index in [1.807, 2.05) is 12.1 Å². The fraction of sp³-hybridized carbons (Fsp3) is 0.0526. The van der Waals surface area contributed by atoms with Crippen LogP contribution in [0.15, 0.2) is 216 Å². The van der Waals surface area contributed by atoms with Gasteiger partial charge in [-0.2, -0.15) is 9.61 Å². The Labute approximate surface area is 367 Å². The largest absolute Gasteiger partial charge is 0.306 e. The molecule has 3 atom stereocenters. The fourth-order valence-corrected chi connectivity index (χ4v) is 10.8. The summed E-state index contributed by atoms with van der Waals surface area (Å²) >= 11 is 0. The molecule has 12 aromatic rings. The molecule has 0 spiro atoms. The molecule has 2 aliphatic rings. The summed E-state index contributed by atoms with van der Waals surface area (Å²) in [5, 5.41) is 10.9. The molecule has 7 nitrogen and oxygen atoms in total. The van der Waals surface area contributed by atoms with Crippen molar-refractivity contribution in [3.63, 3.8) is 0 Å². The molecule has 1 aliphatic heterocycles. The first kappa shape index (κ1) is 35.2. The van der Waals surface area contributed by atoms with Crippen LogP contribution in [0, 0.1) is 0 Å². The zero-order valence-electron chi connectivity index (χ0n) is 34.5. The molecule has 0 saturated heterocycles. The summed E-state index contributed by atoms with van der Waals surface area (Å²) < 4.78 is 6.82. The molecule has 0 radical (unpaired) electrons. The van der Waals surface area contributed by atoms with Gasteiger partial charge in [-0.1, -0.05) is 158 Å². The highest BCUT2D eigenvalue weighted by atomic mass is 15.3. The third-order valence-electron chi connectivity index (χ3n) is 13.5. The quantitative estimate of drug-likeness (QED) is 0.174. The fourth-order valence-electron chi connectivity index (χ4n) is 10.8. The zero-order chi connectivity index (χ0) is 41.9. The van der Waals surface area contributed by atoms with Crippen LogP contribution >= 0.6 is 0 Å². The summed E-state index contributed by atoms with van der Waals surface area (Å²) in [6.07, 6.45) is 0. The van der Waals surface area contributed by atoms with Crippen molar-refractivity contribution in [1.82, 2.24) is 23.7 Å². The third kappa shape index (κ3) is 4.97. The van der Waals surface area contributed by atoms with Gasteiger partial charge < -0.3 is 4.57 Å². The van der Waals surface area contributed by atoms with Crippen molar-refractivity contribution in [1.29, 1.82) is 0 Å². The van der Waals surface area contributed by atoms with Crippen LogP contribution < -0.4 is 10.7 Å². The minimum Gasteiger partial charge on any atom is -0.306 e. The van der Waals surface area contributed by atoms with Gasteiger partial charge in [0.25, 0.3) is 0 Å². The summed E-state index contributed by atoms with van der Waals surface area (Å²) in [6.45, 7) is 0. The molecule has 3 unspecified atom stereocenters. The number of nitrogens with zero attached hydrogens (tertiary/aromatic N) is 7. The van der Waals surface area contributed by atoms with Crippen LogP contribution in [0.5, 0.6) is 0 Å². The zero-order valence-corrected chi connectivity index (χ0v) is 34.5. The molecule has 1 aliphatic carbocycles. The van der Waals surface area contributed by atoms with Crippen molar-refractivity contribution in [2.75, 3.05) is 0 Å². The molecule has 7 heteroatoms. The number of imidazole rings is 1. The Kier molecular flexibility index (Phi) is 7.45. The highest BCUT2D eigenvalue weighted by Crippen LogP contribution is 2.53.